The molecular weight excluding hydrogens is 446 g/mol. The molecule has 0 saturated heterocycles. The first kappa shape index (κ1) is 26.7. The molecule has 1 amide bonds. The number of fused-ring (bicyclic) bond motifs is 1. The Labute approximate surface area is 196 Å². The Hall–Kier alpha value is -3.50. The van der Waals surface area contributed by atoms with Crippen LogP contribution in [-0.2, 0) is 19.1 Å². The van der Waals surface area contributed by atoms with Gasteiger partial charge in [0.15, 0.2) is 11.6 Å². The molecule has 0 aromatic heterocycles. The first-order chi connectivity index (χ1) is 16.0. The summed E-state index contributed by atoms with van der Waals surface area (Å²) in [6.07, 6.45) is 1.60. The van der Waals surface area contributed by atoms with Gasteiger partial charge in [0.1, 0.15) is 35.9 Å². The summed E-state index contributed by atoms with van der Waals surface area (Å²) < 4.78 is 10.8. The number of ketones is 2. The molecule has 3 unspecified atom stereocenters. The second-order valence-corrected chi connectivity index (χ2v) is 8.03. The predicted molar refractivity (Wildman–Crippen MR) is 121 cm³/mol. The van der Waals surface area contributed by atoms with Crippen molar-refractivity contribution < 1.29 is 44.0 Å². The van der Waals surface area contributed by atoms with Crippen LogP contribution in [-0.4, -0.2) is 70.2 Å². The molecule has 10 heteroatoms. The Balaban J connectivity index is 2.36. The van der Waals surface area contributed by atoms with Crippen molar-refractivity contribution in [2.45, 2.75) is 45.5 Å². The average Bonchev–Trinajstić information content (AvgIpc) is 2.77. The fourth-order valence-corrected chi connectivity index (χ4v) is 2.99. The molecule has 1 heterocycles. The van der Waals surface area contributed by atoms with Crippen LogP contribution >= 0.6 is 0 Å². The maximum absolute atomic E-state index is 12.8. The minimum Gasteiger partial charge on any atom is -0.507 e. The van der Waals surface area contributed by atoms with E-state index in [1.807, 2.05) is 0 Å². The van der Waals surface area contributed by atoms with Gasteiger partial charge < -0.3 is 30.1 Å². The minimum atomic E-state index is -1.63. The van der Waals surface area contributed by atoms with Crippen molar-refractivity contribution in [3.63, 3.8) is 0 Å². The molecule has 1 aliphatic rings. The molecule has 2 rings (SSSR count). The topological polar surface area (TPSA) is 159 Å². The Morgan fingerprint density at radius 2 is 1.88 bits per heavy atom. The van der Waals surface area contributed by atoms with Crippen molar-refractivity contribution in [1.29, 1.82) is 0 Å². The van der Waals surface area contributed by atoms with Crippen molar-refractivity contribution >= 4 is 29.5 Å². The Kier molecular flexibility index (Phi) is 9.52. The Morgan fingerprint density at radius 3 is 2.56 bits per heavy atom. The maximum atomic E-state index is 12.8. The summed E-state index contributed by atoms with van der Waals surface area (Å²) in [5.41, 5.74) is 0.0224. The van der Waals surface area contributed by atoms with E-state index in [0.717, 1.165) is 12.1 Å². The lowest BCUT2D eigenvalue weighted by Gasteiger charge is -2.20. The van der Waals surface area contributed by atoms with Crippen LogP contribution in [0.2, 0.25) is 0 Å². The van der Waals surface area contributed by atoms with Gasteiger partial charge in [0, 0.05) is 18.9 Å². The zero-order valence-corrected chi connectivity index (χ0v) is 19.2. The van der Waals surface area contributed by atoms with Crippen molar-refractivity contribution in [3.8, 4) is 11.5 Å². The monoisotopic (exact) mass is 475 g/mol. The number of hydrogen-bond donors (Lipinski definition) is 4. The van der Waals surface area contributed by atoms with Gasteiger partial charge >= 0.3 is 5.97 Å². The lowest BCUT2D eigenvalue weighted by atomic mass is 9.99. The van der Waals surface area contributed by atoms with Gasteiger partial charge in [-0.1, -0.05) is 25.2 Å². The Bertz CT molecular complexity index is 998. The molecule has 0 spiro atoms. The lowest BCUT2D eigenvalue weighted by Crippen LogP contribution is -2.32. The van der Waals surface area contributed by atoms with E-state index in [1.54, 1.807) is 13.8 Å². The smallest absolute Gasteiger partial charge is 0.342 e. The van der Waals surface area contributed by atoms with E-state index in [1.165, 1.54) is 31.2 Å². The molecule has 1 aromatic rings. The van der Waals surface area contributed by atoms with E-state index in [-0.39, 0.29) is 42.4 Å². The molecule has 10 nitrogen and oxygen atoms in total. The predicted octanol–water partition coefficient (Wildman–Crippen LogP) is 0.922. The zero-order valence-electron chi connectivity index (χ0n) is 19.2. The van der Waals surface area contributed by atoms with E-state index in [9.17, 15) is 34.5 Å². The van der Waals surface area contributed by atoms with Gasteiger partial charge in [0.05, 0.1) is 12.6 Å². The summed E-state index contributed by atoms with van der Waals surface area (Å²) >= 11 is 0. The molecule has 0 fully saturated rings. The fourth-order valence-electron chi connectivity index (χ4n) is 2.99. The molecule has 0 aliphatic carbocycles. The second-order valence-electron chi connectivity index (χ2n) is 8.03. The molecule has 1 aliphatic heterocycles. The van der Waals surface area contributed by atoms with Crippen LogP contribution in [0.15, 0.2) is 30.4 Å². The summed E-state index contributed by atoms with van der Waals surface area (Å²) in [7, 11) is 0. The lowest BCUT2D eigenvalue weighted by molar-refractivity contribution is -0.127. The SMILES string of the molecule is CC(=O)NCC(=O)COc1cc(O)c2c(c1)/C=C/CC(O)C(O)C(=O)/C=C\[C@@H](C)C(C)OC2=O. The normalized spacial score (nSPS) is 25.3. The number of carbonyl (C=O) groups is 4. The molecule has 4 atom stereocenters. The highest BCUT2D eigenvalue weighted by atomic mass is 16.5. The van der Waals surface area contributed by atoms with Gasteiger partial charge in [0.25, 0.3) is 0 Å². The van der Waals surface area contributed by atoms with E-state index in [2.05, 4.69) is 5.32 Å². The number of aliphatic hydroxyl groups is 2. The number of esters is 1. The molecule has 1 aromatic carbocycles. The standard InChI is InChI=1S/C24H29NO9/c1-13-7-8-20(29)23(31)19(28)6-4-5-16-9-18(33-12-17(27)11-25-15(3)26)10-21(30)22(16)24(32)34-14(13)2/h4-5,7-10,13-14,19,23,28,30-31H,6,11-12H2,1-3H3,(H,25,26)/b5-4+,8-7-/t13-,14?,19?,23?/m1/s1. The minimum absolute atomic E-state index is 0.0751. The number of nitrogens with one attached hydrogen (secondary N) is 1. The van der Waals surface area contributed by atoms with Gasteiger partial charge in [-0.2, -0.15) is 0 Å². The number of Topliss-reactive ketones (excluding diaryl/α,β-unsaturated/α-hetero) is 1. The summed E-state index contributed by atoms with van der Waals surface area (Å²) in [5, 5.41) is 33.1. The van der Waals surface area contributed by atoms with Crippen LogP contribution in [0.5, 0.6) is 11.5 Å². The fraction of sp³-hybridized carbons (Fsp3) is 0.417. The van der Waals surface area contributed by atoms with Crippen molar-refractivity contribution in [2.24, 2.45) is 5.92 Å². The summed E-state index contributed by atoms with van der Waals surface area (Å²) in [5.74, 6) is -3.06. The number of phenolic OH excluding ortho intramolecular Hbond substituents is 1. The highest BCUT2D eigenvalue weighted by Crippen LogP contribution is 2.31. The van der Waals surface area contributed by atoms with E-state index < -0.39 is 47.5 Å². The van der Waals surface area contributed by atoms with Crippen molar-refractivity contribution in [1.82, 2.24) is 5.32 Å². The van der Waals surface area contributed by atoms with E-state index in [0.29, 0.717) is 0 Å². The summed E-state index contributed by atoms with van der Waals surface area (Å²) in [4.78, 5) is 47.7. The average molecular weight is 475 g/mol. The molecule has 0 radical (unpaired) electrons. The third-order valence-corrected chi connectivity index (χ3v) is 5.19. The first-order valence-corrected chi connectivity index (χ1v) is 10.7. The molecule has 34 heavy (non-hydrogen) atoms. The second kappa shape index (κ2) is 12.1. The number of benzene rings is 1. The number of phenols is 1. The molecule has 0 bridgehead atoms. The van der Waals surface area contributed by atoms with Crippen LogP contribution < -0.4 is 10.1 Å². The quantitative estimate of drug-likeness (QED) is 0.454. The van der Waals surface area contributed by atoms with Crippen molar-refractivity contribution in [2.75, 3.05) is 13.2 Å². The number of aromatic hydroxyl groups is 1. The van der Waals surface area contributed by atoms with Crippen LogP contribution in [0.1, 0.15) is 43.1 Å². The van der Waals surface area contributed by atoms with Gasteiger partial charge in [-0.05, 0) is 31.1 Å². The van der Waals surface area contributed by atoms with Crippen LogP contribution in [0.4, 0.5) is 0 Å². The van der Waals surface area contributed by atoms with Crippen LogP contribution in [0, 0.1) is 5.92 Å². The maximum Gasteiger partial charge on any atom is 0.342 e. The summed E-state index contributed by atoms with van der Waals surface area (Å²) in [6, 6.07) is 2.56. The molecule has 184 valence electrons. The molecule has 0 saturated carbocycles. The molecular formula is C24H29NO9. The summed E-state index contributed by atoms with van der Waals surface area (Å²) in [6.45, 7) is 3.98. The third-order valence-electron chi connectivity index (χ3n) is 5.19. The van der Waals surface area contributed by atoms with Crippen molar-refractivity contribution in [3.05, 3.63) is 41.5 Å². The number of cyclic esters (lactones) is 1. The zero-order chi connectivity index (χ0) is 25.4. The van der Waals surface area contributed by atoms with E-state index in [4.69, 9.17) is 9.47 Å². The number of hydrogen-bond acceptors (Lipinski definition) is 9. The first-order valence-electron chi connectivity index (χ1n) is 10.7. The number of amides is 1. The largest absolute Gasteiger partial charge is 0.507 e. The molecule has 4 N–H and O–H groups in total. The third kappa shape index (κ3) is 7.53. The number of aliphatic hydroxyl groups excluding tert-OH is 2. The van der Waals surface area contributed by atoms with Gasteiger partial charge in [-0.25, -0.2) is 4.79 Å². The van der Waals surface area contributed by atoms with E-state index >= 15 is 0 Å². The van der Waals surface area contributed by atoms with Gasteiger partial charge in [-0.15, -0.1) is 0 Å². The Morgan fingerprint density at radius 1 is 1.18 bits per heavy atom. The highest BCUT2D eigenvalue weighted by molar-refractivity contribution is 5.97. The van der Waals surface area contributed by atoms with Crippen LogP contribution in [0.3, 0.4) is 0 Å². The van der Waals surface area contributed by atoms with Gasteiger partial charge in [0.2, 0.25) is 5.91 Å². The highest BCUT2D eigenvalue weighted by Gasteiger charge is 2.25. The number of ether oxygens (including phenoxy) is 2. The van der Waals surface area contributed by atoms with Gasteiger partial charge in [-0.3, -0.25) is 14.4 Å². The van der Waals surface area contributed by atoms with Crippen LogP contribution in [0.25, 0.3) is 6.08 Å². The number of carbonyl (C=O) groups excluding carboxylic acids is 4. The number of rotatable bonds is 5.